The molecule has 1 aliphatic rings. The molecule has 1 saturated carbocycles. The summed E-state index contributed by atoms with van der Waals surface area (Å²) in [6.45, 7) is 4.40. The van der Waals surface area contributed by atoms with Crippen molar-refractivity contribution in [3.05, 3.63) is 23.7 Å². The standard InChI is InChI=1S/C14H20O3S/c1-9-4-3-5-11(8-9)18-10(2)12-6-7-13(17-12)14(15)16/h6-7,9-11H,3-5,8H2,1-2H3,(H,15,16). The highest BCUT2D eigenvalue weighted by atomic mass is 32.2. The van der Waals surface area contributed by atoms with Crippen LogP contribution in [-0.4, -0.2) is 16.3 Å². The first-order chi connectivity index (χ1) is 8.56. The summed E-state index contributed by atoms with van der Waals surface area (Å²) in [5.74, 6) is 0.629. The maximum atomic E-state index is 10.8. The van der Waals surface area contributed by atoms with E-state index >= 15 is 0 Å². The lowest BCUT2D eigenvalue weighted by Crippen LogP contribution is -2.15. The van der Waals surface area contributed by atoms with Crippen molar-refractivity contribution in [3.63, 3.8) is 0 Å². The fraction of sp³-hybridized carbons (Fsp3) is 0.643. The molecule has 0 aromatic carbocycles. The van der Waals surface area contributed by atoms with Crippen molar-refractivity contribution in [3.8, 4) is 0 Å². The maximum Gasteiger partial charge on any atom is 0.371 e. The third-order valence-electron chi connectivity index (χ3n) is 3.52. The highest BCUT2D eigenvalue weighted by Crippen LogP contribution is 2.40. The Morgan fingerprint density at radius 1 is 1.50 bits per heavy atom. The molecule has 0 saturated heterocycles. The Balaban J connectivity index is 1.93. The molecule has 1 fully saturated rings. The Bertz CT molecular complexity index is 413. The van der Waals surface area contributed by atoms with Gasteiger partial charge in [-0.25, -0.2) is 4.79 Å². The van der Waals surface area contributed by atoms with Gasteiger partial charge in [-0.15, -0.1) is 11.8 Å². The van der Waals surface area contributed by atoms with Crippen LogP contribution in [0, 0.1) is 5.92 Å². The summed E-state index contributed by atoms with van der Waals surface area (Å²) in [5, 5.41) is 9.75. The number of carboxylic acid groups (broad SMARTS) is 1. The van der Waals surface area contributed by atoms with Gasteiger partial charge in [0.2, 0.25) is 5.76 Å². The van der Waals surface area contributed by atoms with E-state index < -0.39 is 5.97 Å². The normalized spacial score (nSPS) is 25.9. The third-order valence-corrected chi connectivity index (χ3v) is 4.98. The second kappa shape index (κ2) is 5.83. The van der Waals surface area contributed by atoms with Gasteiger partial charge in [0, 0.05) is 5.25 Å². The second-order valence-electron chi connectivity index (χ2n) is 5.18. The minimum atomic E-state index is -0.996. The molecule has 4 heteroatoms. The van der Waals surface area contributed by atoms with Crippen molar-refractivity contribution in [2.24, 2.45) is 5.92 Å². The van der Waals surface area contributed by atoms with Crippen LogP contribution in [0.5, 0.6) is 0 Å². The van der Waals surface area contributed by atoms with E-state index in [9.17, 15) is 4.79 Å². The minimum absolute atomic E-state index is 0.0365. The van der Waals surface area contributed by atoms with Gasteiger partial charge in [0.25, 0.3) is 0 Å². The smallest absolute Gasteiger partial charge is 0.371 e. The molecule has 18 heavy (non-hydrogen) atoms. The van der Waals surface area contributed by atoms with Crippen molar-refractivity contribution < 1.29 is 14.3 Å². The van der Waals surface area contributed by atoms with E-state index in [1.54, 1.807) is 6.07 Å². The van der Waals surface area contributed by atoms with Gasteiger partial charge in [0.15, 0.2) is 0 Å². The van der Waals surface area contributed by atoms with E-state index in [1.165, 1.54) is 31.7 Å². The van der Waals surface area contributed by atoms with Gasteiger partial charge >= 0.3 is 5.97 Å². The molecule has 0 aliphatic heterocycles. The number of furan rings is 1. The summed E-state index contributed by atoms with van der Waals surface area (Å²) in [5.41, 5.74) is 0. The lowest BCUT2D eigenvalue weighted by molar-refractivity contribution is 0.0660. The van der Waals surface area contributed by atoms with Gasteiger partial charge in [0.05, 0.1) is 5.25 Å². The summed E-state index contributed by atoms with van der Waals surface area (Å²) in [6, 6.07) is 3.32. The Morgan fingerprint density at radius 2 is 2.28 bits per heavy atom. The summed E-state index contributed by atoms with van der Waals surface area (Å²) in [7, 11) is 0. The summed E-state index contributed by atoms with van der Waals surface area (Å²) in [6.07, 6.45) is 5.19. The molecule has 0 bridgehead atoms. The van der Waals surface area contributed by atoms with Crippen LogP contribution in [0.1, 0.15) is 61.1 Å². The number of hydrogen-bond acceptors (Lipinski definition) is 3. The van der Waals surface area contributed by atoms with Crippen molar-refractivity contribution in [2.45, 2.75) is 50.0 Å². The predicted molar refractivity (Wildman–Crippen MR) is 73.1 cm³/mol. The summed E-state index contributed by atoms with van der Waals surface area (Å²) < 4.78 is 5.35. The topological polar surface area (TPSA) is 50.4 Å². The average Bonchev–Trinajstić information content (AvgIpc) is 2.78. The number of aromatic carboxylic acids is 1. The molecule has 100 valence electrons. The zero-order valence-corrected chi connectivity index (χ0v) is 11.7. The average molecular weight is 268 g/mol. The van der Waals surface area contributed by atoms with Crippen molar-refractivity contribution in [1.29, 1.82) is 0 Å². The monoisotopic (exact) mass is 268 g/mol. The summed E-state index contributed by atoms with van der Waals surface area (Å²) in [4.78, 5) is 10.8. The van der Waals surface area contributed by atoms with E-state index in [1.807, 2.05) is 11.8 Å². The van der Waals surface area contributed by atoms with E-state index in [2.05, 4.69) is 13.8 Å². The number of hydrogen-bond donors (Lipinski definition) is 1. The molecule has 0 radical (unpaired) electrons. The lowest BCUT2D eigenvalue weighted by Gasteiger charge is -2.27. The Labute approximate surface area is 112 Å². The van der Waals surface area contributed by atoms with Crippen LogP contribution in [0.2, 0.25) is 0 Å². The molecule has 0 amide bonds. The maximum absolute atomic E-state index is 10.8. The summed E-state index contributed by atoms with van der Waals surface area (Å²) >= 11 is 1.92. The Hall–Kier alpha value is -0.900. The molecule has 1 aromatic rings. The number of rotatable bonds is 4. The number of carboxylic acids is 1. The van der Waals surface area contributed by atoms with Crippen LogP contribution in [0.25, 0.3) is 0 Å². The van der Waals surface area contributed by atoms with Crippen LogP contribution < -0.4 is 0 Å². The molecule has 0 spiro atoms. The quantitative estimate of drug-likeness (QED) is 0.882. The van der Waals surface area contributed by atoms with Crippen molar-refractivity contribution in [2.75, 3.05) is 0 Å². The SMILES string of the molecule is CC1CCCC(SC(C)c2ccc(C(=O)O)o2)C1. The minimum Gasteiger partial charge on any atom is -0.475 e. The molecule has 1 aliphatic carbocycles. The zero-order valence-electron chi connectivity index (χ0n) is 10.9. The van der Waals surface area contributed by atoms with Gasteiger partial charge in [-0.3, -0.25) is 0 Å². The molecule has 1 N–H and O–H groups in total. The van der Waals surface area contributed by atoms with E-state index in [0.29, 0.717) is 5.25 Å². The van der Waals surface area contributed by atoms with Crippen LogP contribution in [0.4, 0.5) is 0 Å². The van der Waals surface area contributed by atoms with Crippen molar-refractivity contribution >= 4 is 17.7 Å². The van der Waals surface area contributed by atoms with Gasteiger partial charge in [-0.1, -0.05) is 19.8 Å². The molecular weight excluding hydrogens is 248 g/mol. The highest BCUT2D eigenvalue weighted by Gasteiger charge is 2.23. The molecule has 3 atom stereocenters. The largest absolute Gasteiger partial charge is 0.475 e. The van der Waals surface area contributed by atoms with Crippen molar-refractivity contribution in [1.82, 2.24) is 0 Å². The molecular formula is C14H20O3S. The second-order valence-corrected chi connectivity index (χ2v) is 6.83. The first kappa shape index (κ1) is 13.5. The zero-order chi connectivity index (χ0) is 13.1. The van der Waals surface area contributed by atoms with Gasteiger partial charge < -0.3 is 9.52 Å². The predicted octanol–water partition coefficient (Wildman–Crippen LogP) is 4.35. The Kier molecular flexibility index (Phi) is 4.38. The third kappa shape index (κ3) is 3.31. The van der Waals surface area contributed by atoms with E-state index in [4.69, 9.17) is 9.52 Å². The molecule has 3 unspecified atom stereocenters. The lowest BCUT2D eigenvalue weighted by atomic mass is 9.91. The molecule has 1 aromatic heterocycles. The van der Waals surface area contributed by atoms with Gasteiger partial charge in [-0.2, -0.15) is 0 Å². The number of carbonyl (C=O) groups is 1. The van der Waals surface area contributed by atoms with Gasteiger partial charge in [0.1, 0.15) is 5.76 Å². The van der Waals surface area contributed by atoms with Crippen LogP contribution in [0.3, 0.4) is 0 Å². The van der Waals surface area contributed by atoms with Crippen LogP contribution >= 0.6 is 11.8 Å². The van der Waals surface area contributed by atoms with E-state index in [0.717, 1.165) is 11.7 Å². The molecule has 1 heterocycles. The first-order valence-electron chi connectivity index (χ1n) is 6.54. The first-order valence-corrected chi connectivity index (χ1v) is 7.49. The fourth-order valence-corrected chi connectivity index (χ4v) is 4.12. The Morgan fingerprint density at radius 3 is 2.89 bits per heavy atom. The fourth-order valence-electron chi connectivity index (χ4n) is 2.54. The van der Waals surface area contributed by atoms with Crippen LogP contribution in [-0.2, 0) is 0 Å². The number of thioether (sulfide) groups is 1. The highest BCUT2D eigenvalue weighted by molar-refractivity contribution is 8.00. The van der Waals surface area contributed by atoms with Gasteiger partial charge in [-0.05, 0) is 37.8 Å². The molecule has 2 rings (SSSR count). The van der Waals surface area contributed by atoms with Crippen LogP contribution in [0.15, 0.2) is 16.5 Å². The van der Waals surface area contributed by atoms with E-state index in [-0.39, 0.29) is 11.0 Å². The molecule has 3 nitrogen and oxygen atoms in total.